The van der Waals surface area contributed by atoms with Crippen LogP contribution in [0.25, 0.3) is 11.1 Å². The van der Waals surface area contributed by atoms with Crippen LogP contribution in [0.2, 0.25) is 0 Å². The summed E-state index contributed by atoms with van der Waals surface area (Å²) in [7, 11) is 0. The molecule has 9 nitrogen and oxygen atoms in total. The molecule has 1 saturated heterocycles. The highest BCUT2D eigenvalue weighted by Gasteiger charge is 2.38. The highest BCUT2D eigenvalue weighted by Crippen LogP contribution is 2.37. The van der Waals surface area contributed by atoms with Gasteiger partial charge < -0.3 is 16.2 Å². The minimum absolute atomic E-state index is 0.0943. The number of aromatic nitrogens is 2. The fourth-order valence-corrected chi connectivity index (χ4v) is 4.73. The van der Waals surface area contributed by atoms with Crippen molar-refractivity contribution in [1.29, 1.82) is 5.26 Å². The molecule has 35 heavy (non-hydrogen) atoms. The van der Waals surface area contributed by atoms with Crippen LogP contribution in [0.3, 0.4) is 0 Å². The molecule has 1 aromatic heterocycles. The molecule has 0 bridgehead atoms. The van der Waals surface area contributed by atoms with Crippen molar-refractivity contribution in [1.82, 2.24) is 14.7 Å². The Labute approximate surface area is 203 Å². The van der Waals surface area contributed by atoms with E-state index in [9.17, 15) is 20.0 Å². The number of nitrogens with two attached hydrogens (primary N) is 1. The lowest BCUT2D eigenvalue weighted by molar-refractivity contribution is -0.105. The molecular formula is C26H28N6O3. The summed E-state index contributed by atoms with van der Waals surface area (Å²) in [5, 5.41) is 27.2. The van der Waals surface area contributed by atoms with Crippen molar-refractivity contribution in [2.45, 2.75) is 38.3 Å². The number of carbonyl (C=O) groups is 2. The van der Waals surface area contributed by atoms with Gasteiger partial charge in [-0.3, -0.25) is 19.2 Å². The third kappa shape index (κ3) is 4.74. The number of phenols is 1. The van der Waals surface area contributed by atoms with Gasteiger partial charge in [-0.15, -0.1) is 0 Å². The Kier molecular flexibility index (Phi) is 6.85. The molecule has 9 heteroatoms. The molecule has 0 spiro atoms. The quantitative estimate of drug-likeness (QED) is 0.431. The Bertz CT molecular complexity index is 1270. The third-order valence-electron chi connectivity index (χ3n) is 6.88. The number of phenolic OH excluding ortho intramolecular Hbond substituents is 1. The predicted octanol–water partition coefficient (Wildman–Crippen LogP) is 3.14. The third-order valence-corrected chi connectivity index (χ3v) is 6.88. The summed E-state index contributed by atoms with van der Waals surface area (Å²) in [6, 6.07) is 16.0. The number of anilines is 1. The van der Waals surface area contributed by atoms with E-state index in [2.05, 4.69) is 27.5 Å². The van der Waals surface area contributed by atoms with E-state index >= 15 is 0 Å². The van der Waals surface area contributed by atoms with Crippen molar-refractivity contribution >= 4 is 18.1 Å². The molecular weight excluding hydrogens is 444 g/mol. The topological polar surface area (TPSA) is 137 Å². The van der Waals surface area contributed by atoms with Gasteiger partial charge in [0.25, 0.3) is 5.91 Å². The molecule has 2 aromatic carbocycles. The summed E-state index contributed by atoms with van der Waals surface area (Å²) in [4.78, 5) is 25.0. The second-order valence-electron chi connectivity index (χ2n) is 8.91. The molecule has 0 unspecified atom stereocenters. The minimum atomic E-state index is -0.695. The molecule has 1 aliphatic heterocycles. The molecule has 0 radical (unpaired) electrons. The monoisotopic (exact) mass is 472 g/mol. The number of nitrogens with one attached hydrogen (secondary N) is 1. The van der Waals surface area contributed by atoms with Crippen LogP contribution in [0.4, 0.5) is 5.82 Å². The van der Waals surface area contributed by atoms with Gasteiger partial charge in [0.15, 0.2) is 5.82 Å². The van der Waals surface area contributed by atoms with E-state index in [1.165, 1.54) is 6.20 Å². The van der Waals surface area contributed by atoms with Gasteiger partial charge in [-0.2, -0.15) is 10.4 Å². The largest absolute Gasteiger partial charge is 0.507 e. The number of aromatic hydroxyl groups is 1. The minimum Gasteiger partial charge on any atom is -0.507 e. The van der Waals surface area contributed by atoms with E-state index in [1.54, 1.807) is 4.68 Å². The van der Waals surface area contributed by atoms with E-state index < -0.39 is 11.4 Å². The highest BCUT2D eigenvalue weighted by atomic mass is 16.3. The number of hydrogen-bond acceptors (Lipinski definition) is 6. The molecule has 180 valence electrons. The van der Waals surface area contributed by atoms with Gasteiger partial charge in [0.05, 0.1) is 18.0 Å². The molecule has 4 rings (SSSR count). The number of primary amides is 1. The Hall–Kier alpha value is -4.16. The van der Waals surface area contributed by atoms with Crippen molar-refractivity contribution in [3.63, 3.8) is 0 Å². The molecule has 3 aromatic rings. The van der Waals surface area contributed by atoms with Crippen LogP contribution in [0.1, 0.15) is 40.7 Å². The Balaban J connectivity index is 1.52. The zero-order valence-electron chi connectivity index (χ0n) is 19.6. The van der Waals surface area contributed by atoms with Gasteiger partial charge in [0.2, 0.25) is 6.41 Å². The van der Waals surface area contributed by atoms with Crippen LogP contribution in [0, 0.1) is 18.3 Å². The average Bonchev–Trinajstić information content (AvgIpc) is 3.29. The van der Waals surface area contributed by atoms with Crippen molar-refractivity contribution < 1.29 is 14.7 Å². The van der Waals surface area contributed by atoms with Crippen LogP contribution < -0.4 is 11.1 Å². The van der Waals surface area contributed by atoms with Crippen molar-refractivity contribution in [2.75, 3.05) is 18.4 Å². The van der Waals surface area contributed by atoms with Gasteiger partial charge in [-0.25, -0.2) is 0 Å². The first-order valence-corrected chi connectivity index (χ1v) is 11.4. The molecule has 1 fully saturated rings. The van der Waals surface area contributed by atoms with Crippen LogP contribution >= 0.6 is 0 Å². The van der Waals surface area contributed by atoms with E-state index in [-0.39, 0.29) is 23.6 Å². The lowest BCUT2D eigenvalue weighted by atomic mass is 9.84. The summed E-state index contributed by atoms with van der Waals surface area (Å²) >= 11 is 0. The maximum Gasteiger partial charge on any atom is 0.254 e. The highest BCUT2D eigenvalue weighted by molar-refractivity contribution is 5.99. The van der Waals surface area contributed by atoms with Gasteiger partial charge >= 0.3 is 0 Å². The Morgan fingerprint density at radius 1 is 1.26 bits per heavy atom. The van der Waals surface area contributed by atoms with Crippen molar-refractivity contribution in [3.8, 4) is 22.9 Å². The van der Waals surface area contributed by atoms with Crippen molar-refractivity contribution in [3.05, 3.63) is 65.4 Å². The van der Waals surface area contributed by atoms with Crippen LogP contribution in [-0.2, 0) is 16.9 Å². The number of nitriles is 1. The SMILES string of the molecule is Cc1c(CN2CCC(CC#N)(n3cc(C(N)=O)c(NC=O)n3)CC2)ccc(-c2ccccc2)c1O. The van der Waals surface area contributed by atoms with Gasteiger partial charge in [0.1, 0.15) is 11.3 Å². The maximum absolute atomic E-state index is 11.8. The Morgan fingerprint density at radius 3 is 2.60 bits per heavy atom. The molecule has 0 atom stereocenters. The number of hydrogen-bond donors (Lipinski definition) is 3. The number of nitrogens with zero attached hydrogens (tertiary/aromatic N) is 4. The summed E-state index contributed by atoms with van der Waals surface area (Å²) in [5.74, 6) is -0.313. The van der Waals surface area contributed by atoms with E-state index in [0.29, 0.717) is 38.9 Å². The van der Waals surface area contributed by atoms with Crippen molar-refractivity contribution in [2.24, 2.45) is 5.73 Å². The zero-order chi connectivity index (χ0) is 25.0. The standard InChI is InChI=1S/C26H28N6O3/c1-18-20(7-8-21(23(18)34)19-5-3-2-4-6-19)15-31-13-10-26(9-12-27,11-14-31)32-16-22(24(28)35)25(30-32)29-17-33/h2-8,16-17,34H,9-11,13-15H2,1H3,(H2,28,35)(H,29,30,33). The number of benzene rings is 2. The number of amides is 2. The normalized spacial score (nSPS) is 15.3. The fourth-order valence-electron chi connectivity index (χ4n) is 4.73. The summed E-state index contributed by atoms with van der Waals surface area (Å²) in [6.07, 6.45) is 3.44. The first kappa shape index (κ1) is 24.0. The van der Waals surface area contributed by atoms with Crippen LogP contribution in [0.5, 0.6) is 5.75 Å². The molecule has 2 heterocycles. The number of piperidine rings is 1. The number of carbonyl (C=O) groups excluding carboxylic acids is 2. The second-order valence-corrected chi connectivity index (χ2v) is 8.91. The lowest BCUT2D eigenvalue weighted by Crippen LogP contribution is -2.46. The van der Waals surface area contributed by atoms with E-state index in [1.807, 2.05) is 43.3 Å². The van der Waals surface area contributed by atoms with E-state index in [0.717, 1.165) is 22.3 Å². The van der Waals surface area contributed by atoms with Crippen LogP contribution in [0.15, 0.2) is 48.7 Å². The second kappa shape index (κ2) is 9.99. The number of rotatable bonds is 8. The van der Waals surface area contributed by atoms with Gasteiger partial charge in [-0.1, -0.05) is 42.5 Å². The molecule has 4 N–H and O–H groups in total. The average molecular weight is 473 g/mol. The number of likely N-dealkylation sites (tertiary alicyclic amines) is 1. The van der Waals surface area contributed by atoms with Gasteiger partial charge in [0, 0.05) is 31.4 Å². The lowest BCUT2D eigenvalue weighted by Gasteiger charge is -2.41. The van der Waals surface area contributed by atoms with Crippen LogP contribution in [-0.4, -0.2) is 45.2 Å². The predicted molar refractivity (Wildman–Crippen MR) is 131 cm³/mol. The molecule has 2 amide bonds. The van der Waals surface area contributed by atoms with Gasteiger partial charge in [-0.05, 0) is 36.5 Å². The smallest absolute Gasteiger partial charge is 0.254 e. The van der Waals surface area contributed by atoms with E-state index in [4.69, 9.17) is 5.73 Å². The molecule has 0 aliphatic carbocycles. The fraction of sp³-hybridized carbons (Fsp3) is 0.308. The zero-order valence-corrected chi connectivity index (χ0v) is 19.6. The molecule has 1 aliphatic rings. The maximum atomic E-state index is 11.8. The summed E-state index contributed by atoms with van der Waals surface area (Å²) < 4.78 is 1.62. The first-order valence-electron chi connectivity index (χ1n) is 11.4. The summed E-state index contributed by atoms with van der Waals surface area (Å²) in [6.45, 7) is 3.99. The first-order chi connectivity index (χ1) is 16.9. The summed E-state index contributed by atoms with van der Waals surface area (Å²) in [5.41, 5.74) is 8.62. The Morgan fingerprint density at radius 2 is 1.97 bits per heavy atom. The molecule has 0 saturated carbocycles.